The fourth-order valence-electron chi connectivity index (χ4n) is 2.70. The summed E-state index contributed by atoms with van der Waals surface area (Å²) >= 11 is 6.13. The minimum Gasteiger partial charge on any atom is -0.377 e. The Hall–Kier alpha value is -2.39. The van der Waals surface area contributed by atoms with Gasteiger partial charge in [0.1, 0.15) is 0 Å². The first-order chi connectivity index (χ1) is 11.5. The van der Waals surface area contributed by atoms with Crippen LogP contribution in [-0.2, 0) is 6.54 Å². The van der Waals surface area contributed by atoms with Crippen molar-refractivity contribution in [1.82, 2.24) is 0 Å². The number of halogens is 1. The van der Waals surface area contributed by atoms with Crippen LogP contribution < -0.4 is 16.2 Å². The van der Waals surface area contributed by atoms with Crippen molar-refractivity contribution >= 4 is 17.3 Å². The van der Waals surface area contributed by atoms with Gasteiger partial charge in [-0.1, -0.05) is 67.9 Å². The van der Waals surface area contributed by atoms with E-state index in [2.05, 4.69) is 19.2 Å². The summed E-state index contributed by atoms with van der Waals surface area (Å²) < 4.78 is 0. The average molecular weight is 340 g/mol. The van der Waals surface area contributed by atoms with E-state index in [1.54, 1.807) is 6.07 Å². The van der Waals surface area contributed by atoms with Gasteiger partial charge in [0.2, 0.25) is 10.9 Å². The fourth-order valence-corrected chi connectivity index (χ4v) is 2.90. The molecule has 0 atom stereocenters. The standard InChI is InChI=1S/C20H18ClNO2/c1-12(2)13-7-9-14(10-8-13)17-18(20(24)19(17)23)22-11-15-5-3-4-6-16(15)21/h3-10,12,22H,11H2,1-2H3. The van der Waals surface area contributed by atoms with E-state index >= 15 is 0 Å². The maximum atomic E-state index is 12.0. The molecule has 24 heavy (non-hydrogen) atoms. The SMILES string of the molecule is CC(C)c1ccc(-c2c(NCc3ccccc3Cl)c(=O)c2=O)cc1. The van der Waals surface area contributed by atoms with Crippen molar-refractivity contribution in [2.75, 3.05) is 5.32 Å². The summed E-state index contributed by atoms with van der Waals surface area (Å²) in [4.78, 5) is 23.9. The van der Waals surface area contributed by atoms with Crippen LogP contribution in [0.4, 0.5) is 5.69 Å². The molecule has 0 unspecified atom stereocenters. The number of anilines is 1. The fraction of sp³-hybridized carbons (Fsp3) is 0.200. The summed E-state index contributed by atoms with van der Waals surface area (Å²) in [5.74, 6) is 0.421. The molecule has 1 N–H and O–H groups in total. The lowest BCUT2D eigenvalue weighted by molar-refractivity contribution is 0.867. The second-order valence-electron chi connectivity index (χ2n) is 6.13. The molecule has 3 rings (SSSR count). The largest absolute Gasteiger partial charge is 0.377 e. The summed E-state index contributed by atoms with van der Waals surface area (Å²) in [6.45, 7) is 4.63. The van der Waals surface area contributed by atoms with E-state index in [1.165, 1.54) is 5.56 Å². The first kappa shape index (κ1) is 16.5. The monoisotopic (exact) mass is 339 g/mol. The average Bonchev–Trinajstić information content (AvgIpc) is 2.59. The third-order valence-corrected chi connectivity index (χ3v) is 4.56. The van der Waals surface area contributed by atoms with Crippen molar-refractivity contribution in [3.63, 3.8) is 0 Å². The van der Waals surface area contributed by atoms with E-state index in [0.29, 0.717) is 28.7 Å². The highest BCUT2D eigenvalue weighted by Gasteiger charge is 2.22. The summed E-state index contributed by atoms with van der Waals surface area (Å²) in [5.41, 5.74) is 2.78. The van der Waals surface area contributed by atoms with Crippen LogP contribution in [0.25, 0.3) is 11.1 Å². The minimum absolute atomic E-state index is 0.372. The van der Waals surface area contributed by atoms with Crippen LogP contribution in [0.1, 0.15) is 30.9 Å². The molecule has 0 aromatic heterocycles. The van der Waals surface area contributed by atoms with E-state index in [-0.39, 0.29) is 0 Å². The van der Waals surface area contributed by atoms with Crippen molar-refractivity contribution in [3.05, 3.63) is 85.1 Å². The molecule has 0 aliphatic heterocycles. The van der Waals surface area contributed by atoms with Gasteiger partial charge in [-0.25, -0.2) is 0 Å². The van der Waals surface area contributed by atoms with Crippen LogP contribution in [0.15, 0.2) is 58.1 Å². The molecule has 3 nitrogen and oxygen atoms in total. The number of nitrogens with one attached hydrogen (secondary N) is 1. The van der Waals surface area contributed by atoms with Crippen molar-refractivity contribution in [2.24, 2.45) is 0 Å². The summed E-state index contributed by atoms with van der Waals surface area (Å²) in [7, 11) is 0. The Morgan fingerprint density at radius 2 is 1.62 bits per heavy atom. The summed E-state index contributed by atoms with van der Waals surface area (Å²) in [5, 5.41) is 3.70. The Kier molecular flexibility index (Phi) is 4.54. The molecule has 0 spiro atoms. The van der Waals surface area contributed by atoms with E-state index in [0.717, 1.165) is 11.1 Å². The van der Waals surface area contributed by atoms with Gasteiger partial charge < -0.3 is 5.32 Å². The zero-order valence-corrected chi connectivity index (χ0v) is 14.4. The molecule has 0 aliphatic rings. The molecule has 0 radical (unpaired) electrons. The van der Waals surface area contributed by atoms with Gasteiger partial charge in [0.15, 0.2) is 0 Å². The molecule has 0 amide bonds. The topological polar surface area (TPSA) is 46.2 Å². The Bertz CT molecular complexity index is 935. The van der Waals surface area contributed by atoms with Crippen LogP contribution in [0.3, 0.4) is 0 Å². The second-order valence-corrected chi connectivity index (χ2v) is 6.54. The molecule has 0 aliphatic carbocycles. The second kappa shape index (κ2) is 6.62. The third-order valence-electron chi connectivity index (χ3n) is 4.19. The number of hydrogen-bond donors (Lipinski definition) is 1. The van der Waals surface area contributed by atoms with Crippen molar-refractivity contribution < 1.29 is 0 Å². The molecule has 3 aromatic carbocycles. The van der Waals surface area contributed by atoms with Gasteiger partial charge in [0.05, 0.1) is 11.3 Å². The highest BCUT2D eigenvalue weighted by atomic mass is 35.5. The highest BCUT2D eigenvalue weighted by molar-refractivity contribution is 6.31. The molecular formula is C20H18ClNO2. The zero-order chi connectivity index (χ0) is 17.3. The van der Waals surface area contributed by atoms with Gasteiger partial charge >= 0.3 is 0 Å². The van der Waals surface area contributed by atoms with Crippen LogP contribution in [0.5, 0.6) is 0 Å². The molecule has 0 heterocycles. The Balaban J connectivity index is 1.86. The quantitative estimate of drug-likeness (QED) is 0.703. The third kappa shape index (κ3) is 3.00. The number of hydrogen-bond acceptors (Lipinski definition) is 3. The lowest BCUT2D eigenvalue weighted by Crippen LogP contribution is -2.36. The normalized spacial score (nSPS) is 11.2. The van der Waals surface area contributed by atoms with Crippen LogP contribution in [0.2, 0.25) is 5.02 Å². The van der Waals surface area contributed by atoms with Crippen LogP contribution in [0, 0.1) is 0 Å². The predicted octanol–water partition coefficient (Wildman–Crippen LogP) is 4.34. The van der Waals surface area contributed by atoms with E-state index in [9.17, 15) is 9.59 Å². The van der Waals surface area contributed by atoms with Gasteiger partial charge in [0, 0.05) is 11.6 Å². The molecule has 3 aromatic rings. The van der Waals surface area contributed by atoms with Crippen molar-refractivity contribution in [3.8, 4) is 11.1 Å². The van der Waals surface area contributed by atoms with Gasteiger partial charge in [0.25, 0.3) is 0 Å². The molecule has 0 saturated carbocycles. The summed E-state index contributed by atoms with van der Waals surface area (Å²) in [6.07, 6.45) is 0. The maximum absolute atomic E-state index is 12.0. The summed E-state index contributed by atoms with van der Waals surface area (Å²) in [6, 6.07) is 15.2. The van der Waals surface area contributed by atoms with Gasteiger partial charge in [-0.05, 0) is 28.7 Å². The van der Waals surface area contributed by atoms with Gasteiger partial charge in [-0.15, -0.1) is 0 Å². The first-order valence-electron chi connectivity index (χ1n) is 7.90. The Labute approximate surface area is 145 Å². The number of benzene rings is 2. The smallest absolute Gasteiger partial charge is 0.250 e. The Morgan fingerprint density at radius 3 is 2.25 bits per heavy atom. The highest BCUT2D eigenvalue weighted by Crippen LogP contribution is 2.26. The predicted molar refractivity (Wildman–Crippen MR) is 99.7 cm³/mol. The maximum Gasteiger partial charge on any atom is 0.250 e. The lowest BCUT2D eigenvalue weighted by Gasteiger charge is -2.15. The first-order valence-corrected chi connectivity index (χ1v) is 8.27. The van der Waals surface area contributed by atoms with Gasteiger partial charge in [-0.3, -0.25) is 9.59 Å². The Morgan fingerprint density at radius 1 is 0.958 bits per heavy atom. The molecular weight excluding hydrogens is 322 g/mol. The van der Waals surface area contributed by atoms with E-state index in [1.807, 2.05) is 42.5 Å². The molecule has 122 valence electrons. The van der Waals surface area contributed by atoms with Crippen molar-refractivity contribution in [1.29, 1.82) is 0 Å². The molecule has 0 fully saturated rings. The van der Waals surface area contributed by atoms with Crippen LogP contribution >= 0.6 is 11.6 Å². The van der Waals surface area contributed by atoms with E-state index in [4.69, 9.17) is 11.6 Å². The molecule has 4 heteroatoms. The molecule has 0 saturated heterocycles. The van der Waals surface area contributed by atoms with Gasteiger partial charge in [-0.2, -0.15) is 0 Å². The molecule has 0 bridgehead atoms. The zero-order valence-electron chi connectivity index (χ0n) is 13.6. The minimum atomic E-state index is -0.468. The number of rotatable bonds is 5. The van der Waals surface area contributed by atoms with E-state index < -0.39 is 10.9 Å². The lowest BCUT2D eigenvalue weighted by atomic mass is 9.95. The van der Waals surface area contributed by atoms with Crippen LogP contribution in [-0.4, -0.2) is 0 Å². The van der Waals surface area contributed by atoms with Crippen molar-refractivity contribution in [2.45, 2.75) is 26.3 Å².